The SMILES string of the molecule is CN(C)C1(CN=C(N)Nc2ccccn2)CCCCCC1.I. The molecule has 1 aliphatic rings. The summed E-state index contributed by atoms with van der Waals surface area (Å²) in [6, 6.07) is 5.69. The van der Waals surface area contributed by atoms with Crippen LogP contribution in [0.1, 0.15) is 38.5 Å². The molecule has 1 saturated carbocycles. The number of nitrogens with one attached hydrogen (secondary N) is 1. The third-order valence-electron chi connectivity index (χ3n) is 4.45. The maximum absolute atomic E-state index is 6.00. The summed E-state index contributed by atoms with van der Waals surface area (Å²) in [6.07, 6.45) is 9.35. The lowest BCUT2D eigenvalue weighted by Crippen LogP contribution is -2.47. The van der Waals surface area contributed by atoms with Crippen molar-refractivity contribution >= 4 is 35.8 Å². The number of anilines is 1. The minimum absolute atomic E-state index is 0. The van der Waals surface area contributed by atoms with E-state index >= 15 is 0 Å². The van der Waals surface area contributed by atoms with Gasteiger partial charge in [-0.25, -0.2) is 4.98 Å². The summed E-state index contributed by atoms with van der Waals surface area (Å²) in [5, 5.41) is 3.05. The number of hydrogen-bond donors (Lipinski definition) is 2. The molecule has 5 nitrogen and oxygen atoms in total. The lowest BCUT2D eigenvalue weighted by Gasteiger charge is -2.38. The van der Waals surface area contributed by atoms with Gasteiger partial charge in [0.2, 0.25) is 0 Å². The van der Waals surface area contributed by atoms with Gasteiger partial charge in [0.15, 0.2) is 5.96 Å². The molecule has 1 aromatic heterocycles. The van der Waals surface area contributed by atoms with E-state index in [1.807, 2.05) is 18.2 Å². The number of halogens is 1. The van der Waals surface area contributed by atoms with Crippen LogP contribution in [0.5, 0.6) is 0 Å². The number of hydrogen-bond acceptors (Lipinski definition) is 3. The van der Waals surface area contributed by atoms with Gasteiger partial charge in [-0.2, -0.15) is 0 Å². The summed E-state index contributed by atoms with van der Waals surface area (Å²) in [4.78, 5) is 11.1. The Labute approximate surface area is 150 Å². The van der Waals surface area contributed by atoms with Gasteiger partial charge in [0.25, 0.3) is 0 Å². The van der Waals surface area contributed by atoms with E-state index in [0.717, 1.165) is 12.4 Å². The molecule has 0 spiro atoms. The Morgan fingerprint density at radius 3 is 2.50 bits per heavy atom. The summed E-state index contributed by atoms with van der Waals surface area (Å²) >= 11 is 0. The highest BCUT2D eigenvalue weighted by atomic mass is 127. The zero-order valence-corrected chi connectivity index (χ0v) is 15.9. The fourth-order valence-corrected chi connectivity index (χ4v) is 2.97. The van der Waals surface area contributed by atoms with Crippen LogP contribution < -0.4 is 11.1 Å². The van der Waals surface area contributed by atoms with Crippen LogP contribution >= 0.6 is 24.0 Å². The van der Waals surface area contributed by atoms with Gasteiger partial charge in [-0.1, -0.05) is 31.7 Å². The summed E-state index contributed by atoms with van der Waals surface area (Å²) in [5.74, 6) is 1.18. The molecule has 0 amide bonds. The van der Waals surface area contributed by atoms with Crippen molar-refractivity contribution in [2.75, 3.05) is 26.0 Å². The maximum Gasteiger partial charge on any atom is 0.194 e. The van der Waals surface area contributed by atoms with Gasteiger partial charge >= 0.3 is 0 Å². The predicted molar refractivity (Wildman–Crippen MR) is 104 cm³/mol. The number of aromatic nitrogens is 1. The first kappa shape index (κ1) is 19.2. The van der Waals surface area contributed by atoms with Gasteiger partial charge in [0.1, 0.15) is 5.82 Å². The number of nitrogens with zero attached hydrogens (tertiary/aromatic N) is 3. The number of likely N-dealkylation sites (N-methyl/N-ethyl adjacent to an activating group) is 1. The minimum Gasteiger partial charge on any atom is -0.370 e. The van der Waals surface area contributed by atoms with Gasteiger partial charge in [-0.15, -0.1) is 24.0 Å². The van der Waals surface area contributed by atoms with Crippen molar-refractivity contribution in [1.29, 1.82) is 0 Å². The van der Waals surface area contributed by atoms with Crippen LogP contribution in [0.3, 0.4) is 0 Å². The minimum atomic E-state index is 0. The Kier molecular flexibility index (Phi) is 8.09. The maximum atomic E-state index is 6.00. The lowest BCUT2D eigenvalue weighted by atomic mass is 9.89. The zero-order chi connectivity index (χ0) is 15.1. The van der Waals surface area contributed by atoms with Crippen LogP contribution in [-0.4, -0.2) is 42.0 Å². The third kappa shape index (κ3) is 5.39. The van der Waals surface area contributed by atoms with E-state index in [-0.39, 0.29) is 29.5 Å². The zero-order valence-electron chi connectivity index (χ0n) is 13.6. The Bertz CT molecular complexity index is 453. The van der Waals surface area contributed by atoms with Gasteiger partial charge in [-0.3, -0.25) is 4.99 Å². The van der Waals surface area contributed by atoms with Crippen LogP contribution in [0, 0.1) is 0 Å². The second-order valence-corrected chi connectivity index (χ2v) is 6.07. The molecule has 0 radical (unpaired) electrons. The molecule has 1 aliphatic carbocycles. The van der Waals surface area contributed by atoms with Crippen LogP contribution in [0.25, 0.3) is 0 Å². The summed E-state index contributed by atoms with van der Waals surface area (Å²) in [7, 11) is 4.31. The first-order valence-electron chi connectivity index (χ1n) is 7.78. The number of aliphatic imine (C=N–C) groups is 1. The molecule has 3 N–H and O–H groups in total. The molecule has 0 aliphatic heterocycles. The Balaban J connectivity index is 0.00000242. The second-order valence-electron chi connectivity index (χ2n) is 6.07. The molecule has 0 aromatic carbocycles. The van der Waals surface area contributed by atoms with Crippen molar-refractivity contribution in [1.82, 2.24) is 9.88 Å². The largest absolute Gasteiger partial charge is 0.370 e. The molecule has 1 fully saturated rings. The van der Waals surface area contributed by atoms with Crippen molar-refractivity contribution < 1.29 is 0 Å². The van der Waals surface area contributed by atoms with Gasteiger partial charge in [-0.05, 0) is 39.1 Å². The van der Waals surface area contributed by atoms with E-state index in [9.17, 15) is 0 Å². The predicted octanol–water partition coefficient (Wildman–Crippen LogP) is 3.08. The quantitative estimate of drug-likeness (QED) is 0.342. The van der Waals surface area contributed by atoms with Crippen molar-refractivity contribution in [2.45, 2.75) is 44.1 Å². The highest BCUT2D eigenvalue weighted by Gasteiger charge is 2.32. The lowest BCUT2D eigenvalue weighted by molar-refractivity contribution is 0.138. The molecule has 6 heteroatoms. The number of pyridine rings is 1. The molecule has 0 unspecified atom stereocenters. The Morgan fingerprint density at radius 2 is 1.95 bits per heavy atom. The fourth-order valence-electron chi connectivity index (χ4n) is 2.97. The summed E-state index contributed by atoms with van der Waals surface area (Å²) in [5.41, 5.74) is 6.15. The summed E-state index contributed by atoms with van der Waals surface area (Å²) in [6.45, 7) is 0.742. The normalized spacial score (nSPS) is 18.4. The van der Waals surface area contributed by atoms with E-state index < -0.39 is 0 Å². The molecule has 124 valence electrons. The van der Waals surface area contributed by atoms with Crippen LogP contribution in [0.15, 0.2) is 29.4 Å². The third-order valence-corrected chi connectivity index (χ3v) is 4.45. The molecule has 0 saturated heterocycles. The van der Waals surface area contributed by atoms with Gasteiger partial charge in [0, 0.05) is 11.7 Å². The van der Waals surface area contributed by atoms with Gasteiger partial charge < -0.3 is 16.0 Å². The van der Waals surface area contributed by atoms with E-state index in [0.29, 0.717) is 5.96 Å². The highest BCUT2D eigenvalue weighted by molar-refractivity contribution is 14.0. The van der Waals surface area contributed by atoms with Crippen molar-refractivity contribution in [3.8, 4) is 0 Å². The molecule has 0 bridgehead atoms. The first-order chi connectivity index (χ1) is 10.1. The van der Waals surface area contributed by atoms with E-state index in [1.165, 1.54) is 38.5 Å². The molecular formula is C16H28IN5. The highest BCUT2D eigenvalue weighted by Crippen LogP contribution is 2.31. The molecule has 22 heavy (non-hydrogen) atoms. The number of rotatable bonds is 4. The van der Waals surface area contributed by atoms with Crippen LogP contribution in [0.4, 0.5) is 5.82 Å². The smallest absolute Gasteiger partial charge is 0.194 e. The van der Waals surface area contributed by atoms with Crippen LogP contribution in [0.2, 0.25) is 0 Å². The van der Waals surface area contributed by atoms with E-state index in [4.69, 9.17) is 5.73 Å². The average Bonchev–Trinajstić information content (AvgIpc) is 2.73. The van der Waals surface area contributed by atoms with Gasteiger partial charge in [0.05, 0.1) is 6.54 Å². The van der Waals surface area contributed by atoms with E-state index in [1.54, 1.807) is 6.20 Å². The summed E-state index contributed by atoms with van der Waals surface area (Å²) < 4.78 is 0. The van der Waals surface area contributed by atoms with Crippen molar-refractivity contribution in [2.24, 2.45) is 10.7 Å². The second kappa shape index (κ2) is 9.29. The Morgan fingerprint density at radius 1 is 1.27 bits per heavy atom. The molecule has 1 aromatic rings. The molecular weight excluding hydrogens is 389 g/mol. The average molecular weight is 417 g/mol. The number of guanidine groups is 1. The van der Waals surface area contributed by atoms with E-state index in [2.05, 4.69) is 34.3 Å². The number of nitrogens with two attached hydrogens (primary N) is 1. The molecule has 1 heterocycles. The Hall–Kier alpha value is -0.890. The van der Waals surface area contributed by atoms with Crippen molar-refractivity contribution in [3.05, 3.63) is 24.4 Å². The van der Waals surface area contributed by atoms with Crippen LogP contribution in [-0.2, 0) is 0 Å². The fraction of sp³-hybridized carbons (Fsp3) is 0.625. The standard InChI is InChI=1S/C16H27N5.HI/c1-21(2)16(10-6-3-4-7-11-16)13-19-15(17)20-14-9-5-8-12-18-14;/h5,8-9,12H,3-4,6-7,10-11,13H2,1-2H3,(H3,17,18,19,20);1H. The molecule has 2 rings (SSSR count). The van der Waals surface area contributed by atoms with Crippen molar-refractivity contribution in [3.63, 3.8) is 0 Å². The monoisotopic (exact) mass is 417 g/mol. The molecule has 0 atom stereocenters. The topological polar surface area (TPSA) is 66.5 Å². The first-order valence-corrected chi connectivity index (χ1v) is 7.78.